The lowest BCUT2D eigenvalue weighted by Crippen LogP contribution is -2.60. The van der Waals surface area contributed by atoms with E-state index in [2.05, 4.69) is 78.8 Å². The molecule has 0 radical (unpaired) electrons. The number of aliphatic hydroxyl groups excluding tert-OH is 3. The molecule has 60 heavy (non-hydrogen) atoms. The van der Waals surface area contributed by atoms with Crippen molar-refractivity contribution in [3.8, 4) is 0 Å². The highest BCUT2D eigenvalue weighted by Gasteiger charge is 2.59. The molecule has 1 aliphatic heterocycles. The first-order valence-corrected chi connectivity index (χ1v) is 25.4. The predicted octanol–water partition coefficient (Wildman–Crippen LogP) is 12.2. The van der Waals surface area contributed by atoms with Crippen LogP contribution in [0.5, 0.6) is 0 Å². The zero-order chi connectivity index (χ0) is 43.3. The number of carbonyl (C=O) groups excluding carboxylic acids is 1. The summed E-state index contributed by atoms with van der Waals surface area (Å²) in [5.41, 5.74) is 2.05. The van der Waals surface area contributed by atoms with Gasteiger partial charge in [0.15, 0.2) is 6.29 Å². The number of esters is 1. The van der Waals surface area contributed by atoms with E-state index < -0.39 is 30.7 Å². The molecule has 1 heterocycles. The standard InChI is InChI=1S/C53H90O7/c1-8-10-11-12-13-14-15-16-17-18-19-20-21-22-23-24-47(54)58-36-46-48(55)49(56)50(57)51(60-46)59-41-31-33-52(6)40(35-41)27-28-42-44-30-29-43(53(44,7)34-32-45(42)52)38(5)25-26-39(9-2)37(3)4/h16-17,25-27,37-39,41-46,48-51,55-57H,8-15,18-24,28-36H2,1-7H3/b17-16-,26-25+/t38-,39-,41+,42+,43-,44+,45+,46-,48-,49+,50-,51-,52+,53-/m1/s1. The largest absolute Gasteiger partial charge is 0.463 e. The van der Waals surface area contributed by atoms with Crippen LogP contribution in [0, 0.1) is 52.3 Å². The minimum Gasteiger partial charge on any atom is -0.463 e. The second-order valence-corrected chi connectivity index (χ2v) is 21.1. The van der Waals surface area contributed by atoms with Crippen LogP contribution < -0.4 is 0 Å². The predicted molar refractivity (Wildman–Crippen MR) is 244 cm³/mol. The van der Waals surface area contributed by atoms with Gasteiger partial charge >= 0.3 is 5.97 Å². The first-order chi connectivity index (χ1) is 28.8. The molecule has 7 nitrogen and oxygen atoms in total. The fraction of sp³-hybridized carbons (Fsp3) is 0.868. The quantitative estimate of drug-likeness (QED) is 0.0505. The Bertz CT molecular complexity index is 1370. The number of fused-ring (bicyclic) bond motifs is 5. The van der Waals surface area contributed by atoms with Gasteiger partial charge in [-0.3, -0.25) is 4.79 Å². The van der Waals surface area contributed by atoms with Crippen molar-refractivity contribution in [3.05, 3.63) is 36.0 Å². The highest BCUT2D eigenvalue weighted by atomic mass is 16.7. The fourth-order valence-electron chi connectivity index (χ4n) is 12.9. The lowest BCUT2D eigenvalue weighted by Gasteiger charge is -2.58. The number of hydrogen-bond acceptors (Lipinski definition) is 7. The molecule has 0 unspecified atom stereocenters. The van der Waals surface area contributed by atoms with Crippen LogP contribution in [0.1, 0.15) is 196 Å². The second-order valence-electron chi connectivity index (χ2n) is 21.1. The van der Waals surface area contributed by atoms with Gasteiger partial charge in [0, 0.05) is 6.42 Å². The van der Waals surface area contributed by atoms with E-state index >= 15 is 0 Å². The lowest BCUT2D eigenvalue weighted by molar-refractivity contribution is -0.313. The maximum absolute atomic E-state index is 12.6. The zero-order valence-electron chi connectivity index (χ0n) is 39.3. The molecule has 3 saturated carbocycles. The van der Waals surface area contributed by atoms with Gasteiger partial charge in [-0.15, -0.1) is 0 Å². The molecule has 0 aromatic heterocycles. The Labute approximate surface area is 367 Å². The monoisotopic (exact) mass is 839 g/mol. The average Bonchev–Trinajstić information content (AvgIpc) is 3.59. The molecule has 0 bridgehead atoms. The van der Waals surface area contributed by atoms with Gasteiger partial charge in [0.1, 0.15) is 31.0 Å². The number of hydrogen-bond donors (Lipinski definition) is 3. The van der Waals surface area contributed by atoms with E-state index in [4.69, 9.17) is 14.2 Å². The van der Waals surface area contributed by atoms with Gasteiger partial charge in [0.2, 0.25) is 0 Å². The van der Waals surface area contributed by atoms with Crippen LogP contribution in [0.3, 0.4) is 0 Å². The van der Waals surface area contributed by atoms with Gasteiger partial charge in [-0.1, -0.05) is 136 Å². The summed E-state index contributed by atoms with van der Waals surface area (Å²) in [7, 11) is 0. The number of unbranched alkanes of at least 4 members (excludes halogenated alkanes) is 11. The van der Waals surface area contributed by atoms with E-state index in [9.17, 15) is 20.1 Å². The number of ether oxygens (including phenoxy) is 3. The van der Waals surface area contributed by atoms with Crippen molar-refractivity contribution in [1.82, 2.24) is 0 Å². The summed E-state index contributed by atoms with van der Waals surface area (Å²) >= 11 is 0. The van der Waals surface area contributed by atoms with Crippen LogP contribution >= 0.6 is 0 Å². The molecule has 0 amide bonds. The van der Waals surface area contributed by atoms with Gasteiger partial charge in [-0.25, -0.2) is 0 Å². The van der Waals surface area contributed by atoms with Crippen molar-refractivity contribution in [2.45, 2.75) is 233 Å². The van der Waals surface area contributed by atoms with Gasteiger partial charge in [0.05, 0.1) is 6.10 Å². The smallest absolute Gasteiger partial charge is 0.305 e. The van der Waals surface area contributed by atoms with Crippen LogP contribution in [0.4, 0.5) is 0 Å². The molecule has 0 aromatic carbocycles. The second kappa shape index (κ2) is 24.0. The highest BCUT2D eigenvalue weighted by Crippen LogP contribution is 2.67. The fourth-order valence-corrected chi connectivity index (χ4v) is 12.9. The van der Waals surface area contributed by atoms with E-state index in [-0.39, 0.29) is 24.1 Å². The molecule has 5 aliphatic rings. The molecular weight excluding hydrogens is 749 g/mol. The van der Waals surface area contributed by atoms with Crippen LogP contribution in [0.15, 0.2) is 36.0 Å². The Morgan fingerprint density at radius 1 is 0.817 bits per heavy atom. The van der Waals surface area contributed by atoms with E-state index in [1.165, 1.54) is 89.0 Å². The first kappa shape index (κ1) is 49.5. The molecule has 5 rings (SSSR count). The minimum atomic E-state index is -1.45. The van der Waals surface area contributed by atoms with Gasteiger partial charge in [0.25, 0.3) is 0 Å². The number of rotatable bonds is 24. The summed E-state index contributed by atoms with van der Waals surface area (Å²) in [6.45, 7) is 16.7. The van der Waals surface area contributed by atoms with Crippen molar-refractivity contribution in [1.29, 1.82) is 0 Å². The molecule has 7 heteroatoms. The number of carbonyl (C=O) groups is 1. The third kappa shape index (κ3) is 12.6. The lowest BCUT2D eigenvalue weighted by atomic mass is 9.47. The number of allylic oxidation sites excluding steroid dienone is 5. The summed E-state index contributed by atoms with van der Waals surface area (Å²) in [5.74, 6) is 4.60. The average molecular weight is 839 g/mol. The van der Waals surface area contributed by atoms with E-state index in [1.54, 1.807) is 0 Å². The normalized spacial score (nSPS) is 36.5. The summed E-state index contributed by atoms with van der Waals surface area (Å²) in [6.07, 6.45) is 32.1. The van der Waals surface area contributed by atoms with Crippen molar-refractivity contribution in [3.63, 3.8) is 0 Å². The van der Waals surface area contributed by atoms with Crippen LogP contribution in [-0.2, 0) is 19.0 Å². The van der Waals surface area contributed by atoms with Crippen LogP contribution in [0.25, 0.3) is 0 Å². The molecule has 4 fully saturated rings. The van der Waals surface area contributed by atoms with Gasteiger partial charge in [-0.2, -0.15) is 0 Å². The topological polar surface area (TPSA) is 105 Å². The SMILES string of the molecule is CCCCCCCC/C=C\CCCCCCCC(=O)OC[C@H]1O[C@@H](O[C@H]2CC[C@@]3(C)C(=CC[C@H]4[C@@H]5CC[C@H]([C@H](C)/C=C/[C@@H](CC)C(C)C)[C@@]5(C)CC[C@@H]43)C2)[C@H](O)[C@@H](O)[C@@H]1O. The summed E-state index contributed by atoms with van der Waals surface area (Å²) in [4.78, 5) is 12.6. The Hall–Kier alpha value is -1.51. The molecule has 0 aromatic rings. The van der Waals surface area contributed by atoms with E-state index in [0.29, 0.717) is 35.5 Å². The molecule has 0 spiro atoms. The van der Waals surface area contributed by atoms with Crippen molar-refractivity contribution >= 4 is 5.97 Å². The summed E-state index contributed by atoms with van der Waals surface area (Å²) in [5, 5.41) is 32.5. The Balaban J connectivity index is 1.03. The maximum atomic E-state index is 12.6. The van der Waals surface area contributed by atoms with Gasteiger partial charge in [-0.05, 0) is 142 Å². The van der Waals surface area contributed by atoms with Crippen LogP contribution in [0.2, 0.25) is 0 Å². The Morgan fingerprint density at radius 3 is 2.18 bits per heavy atom. The Kier molecular flexibility index (Phi) is 19.8. The van der Waals surface area contributed by atoms with Crippen molar-refractivity contribution < 1.29 is 34.3 Å². The molecule has 344 valence electrons. The summed E-state index contributed by atoms with van der Waals surface area (Å²) < 4.78 is 18.0. The van der Waals surface area contributed by atoms with E-state index in [0.717, 1.165) is 75.5 Å². The number of aliphatic hydroxyl groups is 3. The zero-order valence-corrected chi connectivity index (χ0v) is 39.3. The third-order valence-electron chi connectivity index (χ3n) is 16.8. The van der Waals surface area contributed by atoms with Crippen molar-refractivity contribution in [2.75, 3.05) is 6.61 Å². The third-order valence-corrected chi connectivity index (χ3v) is 16.8. The minimum absolute atomic E-state index is 0.151. The molecule has 14 atom stereocenters. The molecule has 1 saturated heterocycles. The Morgan fingerprint density at radius 2 is 1.50 bits per heavy atom. The molecule has 4 aliphatic carbocycles. The maximum Gasteiger partial charge on any atom is 0.305 e. The molecule has 3 N–H and O–H groups in total. The van der Waals surface area contributed by atoms with Gasteiger partial charge < -0.3 is 29.5 Å². The van der Waals surface area contributed by atoms with E-state index in [1.807, 2.05) is 0 Å². The summed E-state index contributed by atoms with van der Waals surface area (Å²) in [6, 6.07) is 0. The first-order valence-electron chi connectivity index (χ1n) is 25.4. The highest BCUT2D eigenvalue weighted by molar-refractivity contribution is 5.69. The van der Waals surface area contributed by atoms with Crippen LogP contribution in [-0.4, -0.2) is 64.7 Å². The molecular formula is C53H90O7. The van der Waals surface area contributed by atoms with Crippen molar-refractivity contribution in [2.24, 2.45) is 52.3 Å².